The fraction of sp³-hybridized carbons (Fsp3) is 0.231. The number of rotatable bonds is 4. The van der Waals surface area contributed by atoms with Gasteiger partial charge in [-0.15, -0.1) is 0 Å². The number of hydrogen-bond acceptors (Lipinski definition) is 1. The van der Waals surface area contributed by atoms with E-state index < -0.39 is 0 Å². The minimum absolute atomic E-state index is 0.882. The van der Waals surface area contributed by atoms with Crippen LogP contribution >= 0.6 is 0 Å². The lowest BCUT2D eigenvalue weighted by molar-refractivity contribution is 0.928. The van der Waals surface area contributed by atoms with E-state index in [9.17, 15) is 0 Å². The summed E-state index contributed by atoms with van der Waals surface area (Å²) in [5.41, 5.74) is 4.61. The summed E-state index contributed by atoms with van der Waals surface area (Å²) in [6.07, 6.45) is 0.882. The predicted octanol–water partition coefficient (Wildman–Crippen LogP) is 3.00. The van der Waals surface area contributed by atoms with Gasteiger partial charge in [0.05, 0.1) is 0 Å². The molecule has 0 amide bonds. The van der Waals surface area contributed by atoms with Crippen LogP contribution < -0.4 is 5.32 Å². The van der Waals surface area contributed by atoms with Crippen molar-refractivity contribution in [2.24, 2.45) is 0 Å². The van der Waals surface area contributed by atoms with Crippen LogP contribution in [0.15, 0.2) is 43.1 Å². The van der Waals surface area contributed by atoms with E-state index in [1.54, 1.807) is 0 Å². The topological polar surface area (TPSA) is 12.0 Å². The van der Waals surface area contributed by atoms with Gasteiger partial charge in [0, 0.05) is 19.2 Å². The van der Waals surface area contributed by atoms with Gasteiger partial charge in [0.2, 0.25) is 0 Å². The van der Waals surface area contributed by atoms with Crippen LogP contribution in [0.2, 0.25) is 0 Å². The highest BCUT2D eigenvalue weighted by molar-refractivity contribution is 5.61. The first kappa shape index (κ1) is 10.6. The van der Waals surface area contributed by atoms with Gasteiger partial charge in [-0.05, 0) is 18.1 Å². The van der Waals surface area contributed by atoms with Crippen molar-refractivity contribution in [1.82, 2.24) is 5.32 Å². The highest BCUT2D eigenvalue weighted by atomic mass is 14.8. The van der Waals surface area contributed by atoms with Crippen molar-refractivity contribution < 1.29 is 0 Å². The third-order valence-electron chi connectivity index (χ3n) is 2.22. The number of likely N-dealkylation sites (N-methyl/N-ethyl adjacent to an activating group) is 1. The van der Waals surface area contributed by atoms with Gasteiger partial charge in [-0.3, -0.25) is 0 Å². The molecule has 1 heteroatoms. The predicted molar refractivity (Wildman–Crippen MR) is 63.1 cm³/mol. The SMILES string of the molecule is C=C(Cc1ccc(C(=C)C)cc1)NC. The highest BCUT2D eigenvalue weighted by Gasteiger charge is 1.96. The van der Waals surface area contributed by atoms with Crippen LogP contribution in [0.25, 0.3) is 5.57 Å². The minimum atomic E-state index is 0.882. The lowest BCUT2D eigenvalue weighted by Gasteiger charge is -2.06. The molecule has 1 N–H and O–H groups in total. The van der Waals surface area contributed by atoms with Gasteiger partial charge >= 0.3 is 0 Å². The van der Waals surface area contributed by atoms with Crippen LogP contribution in [-0.2, 0) is 6.42 Å². The third kappa shape index (κ3) is 2.77. The fourth-order valence-electron chi connectivity index (χ4n) is 1.24. The van der Waals surface area contributed by atoms with E-state index >= 15 is 0 Å². The Labute approximate surface area is 86.2 Å². The normalized spacial score (nSPS) is 9.57. The summed E-state index contributed by atoms with van der Waals surface area (Å²) in [6.45, 7) is 9.81. The van der Waals surface area contributed by atoms with Crippen LogP contribution in [0.4, 0.5) is 0 Å². The van der Waals surface area contributed by atoms with E-state index in [1.165, 1.54) is 11.1 Å². The summed E-state index contributed by atoms with van der Waals surface area (Å²) in [5, 5.41) is 3.04. The van der Waals surface area contributed by atoms with E-state index in [2.05, 4.69) is 42.7 Å². The summed E-state index contributed by atoms with van der Waals surface area (Å²) >= 11 is 0. The Morgan fingerprint density at radius 2 is 1.79 bits per heavy atom. The van der Waals surface area contributed by atoms with Crippen LogP contribution in [0.3, 0.4) is 0 Å². The molecule has 0 bridgehead atoms. The second-order valence-electron chi connectivity index (χ2n) is 3.51. The molecular weight excluding hydrogens is 170 g/mol. The summed E-state index contributed by atoms with van der Waals surface area (Å²) in [5.74, 6) is 0. The monoisotopic (exact) mass is 187 g/mol. The maximum absolute atomic E-state index is 3.90. The molecule has 0 aliphatic rings. The molecule has 0 unspecified atom stereocenters. The Balaban J connectivity index is 2.73. The van der Waals surface area contributed by atoms with Crippen molar-refractivity contribution >= 4 is 5.57 Å². The first-order valence-electron chi connectivity index (χ1n) is 4.74. The van der Waals surface area contributed by atoms with Gasteiger partial charge in [0.15, 0.2) is 0 Å². The number of allylic oxidation sites excluding steroid dienone is 2. The molecule has 1 aromatic rings. The minimum Gasteiger partial charge on any atom is -0.392 e. The zero-order chi connectivity index (χ0) is 10.6. The number of nitrogens with one attached hydrogen (secondary N) is 1. The van der Waals surface area contributed by atoms with Crippen molar-refractivity contribution in [3.8, 4) is 0 Å². The van der Waals surface area contributed by atoms with Gasteiger partial charge in [-0.1, -0.05) is 43.0 Å². The van der Waals surface area contributed by atoms with E-state index in [4.69, 9.17) is 0 Å². The average molecular weight is 187 g/mol. The molecule has 0 saturated carbocycles. The Morgan fingerprint density at radius 3 is 2.21 bits per heavy atom. The van der Waals surface area contributed by atoms with Crippen LogP contribution in [0.5, 0.6) is 0 Å². The first-order chi connectivity index (χ1) is 6.63. The van der Waals surface area contributed by atoms with Gasteiger partial charge in [-0.2, -0.15) is 0 Å². The summed E-state index contributed by atoms with van der Waals surface area (Å²) in [4.78, 5) is 0. The van der Waals surface area contributed by atoms with E-state index in [0.717, 1.165) is 17.7 Å². The molecule has 0 saturated heterocycles. The molecule has 0 aromatic heterocycles. The van der Waals surface area contributed by atoms with Gasteiger partial charge in [0.1, 0.15) is 0 Å². The molecule has 0 radical (unpaired) electrons. The molecule has 14 heavy (non-hydrogen) atoms. The lowest BCUT2D eigenvalue weighted by Crippen LogP contribution is -2.06. The van der Waals surface area contributed by atoms with Crippen LogP contribution in [0.1, 0.15) is 18.1 Å². The zero-order valence-corrected chi connectivity index (χ0v) is 8.93. The summed E-state index contributed by atoms with van der Waals surface area (Å²) < 4.78 is 0. The van der Waals surface area contributed by atoms with Crippen LogP contribution in [-0.4, -0.2) is 7.05 Å². The molecule has 0 spiro atoms. The number of hydrogen-bond donors (Lipinski definition) is 1. The highest BCUT2D eigenvalue weighted by Crippen LogP contribution is 2.13. The van der Waals surface area contributed by atoms with Gasteiger partial charge in [-0.25, -0.2) is 0 Å². The zero-order valence-electron chi connectivity index (χ0n) is 8.93. The third-order valence-corrected chi connectivity index (χ3v) is 2.22. The van der Waals surface area contributed by atoms with Crippen molar-refractivity contribution in [2.45, 2.75) is 13.3 Å². The van der Waals surface area contributed by atoms with E-state index in [1.807, 2.05) is 14.0 Å². The quantitative estimate of drug-likeness (QED) is 0.764. The smallest absolute Gasteiger partial charge is 0.0117 e. The molecule has 0 atom stereocenters. The maximum atomic E-state index is 3.90. The molecule has 1 rings (SSSR count). The van der Waals surface area contributed by atoms with E-state index in [-0.39, 0.29) is 0 Å². The average Bonchev–Trinajstić information content (AvgIpc) is 2.18. The van der Waals surface area contributed by atoms with Crippen molar-refractivity contribution in [3.05, 3.63) is 54.2 Å². The van der Waals surface area contributed by atoms with Crippen molar-refractivity contribution in [1.29, 1.82) is 0 Å². The second kappa shape index (κ2) is 4.66. The Bertz CT molecular complexity index is 333. The fourth-order valence-corrected chi connectivity index (χ4v) is 1.24. The molecule has 0 heterocycles. The molecule has 0 aliphatic carbocycles. The molecular formula is C13H17N. The molecule has 1 aromatic carbocycles. The summed E-state index contributed by atoms with van der Waals surface area (Å²) in [7, 11) is 1.89. The van der Waals surface area contributed by atoms with Gasteiger partial charge in [0.25, 0.3) is 0 Å². The Morgan fingerprint density at radius 1 is 1.21 bits per heavy atom. The standard InChI is InChI=1S/C13H17N/c1-10(2)13-7-5-12(6-8-13)9-11(3)14-4/h5-8,14H,1,3,9H2,2,4H3. The van der Waals surface area contributed by atoms with Gasteiger partial charge < -0.3 is 5.32 Å². The van der Waals surface area contributed by atoms with E-state index in [0.29, 0.717) is 0 Å². The van der Waals surface area contributed by atoms with Crippen molar-refractivity contribution in [3.63, 3.8) is 0 Å². The molecule has 74 valence electrons. The molecule has 0 aliphatic heterocycles. The second-order valence-corrected chi connectivity index (χ2v) is 3.51. The molecule has 1 nitrogen and oxygen atoms in total. The van der Waals surface area contributed by atoms with Crippen LogP contribution in [0, 0.1) is 0 Å². The summed E-state index contributed by atoms with van der Waals surface area (Å²) in [6, 6.07) is 8.43. The first-order valence-corrected chi connectivity index (χ1v) is 4.74. The Kier molecular flexibility index (Phi) is 3.52. The maximum Gasteiger partial charge on any atom is 0.0117 e. The molecule has 0 fully saturated rings. The number of benzene rings is 1. The Hall–Kier alpha value is -1.50. The lowest BCUT2D eigenvalue weighted by atomic mass is 10.0. The largest absolute Gasteiger partial charge is 0.392 e. The van der Waals surface area contributed by atoms with Crippen molar-refractivity contribution in [2.75, 3.05) is 7.05 Å².